The molecule has 0 radical (unpaired) electrons. The van der Waals surface area contributed by atoms with Gasteiger partial charge >= 0.3 is 5.97 Å². The first-order valence-electron chi connectivity index (χ1n) is 8.17. The highest BCUT2D eigenvalue weighted by Gasteiger charge is 2.30. The summed E-state index contributed by atoms with van der Waals surface area (Å²) in [6.45, 7) is 0.256. The van der Waals surface area contributed by atoms with E-state index in [1.165, 1.54) is 0 Å². The van der Waals surface area contributed by atoms with Crippen molar-refractivity contribution in [3.63, 3.8) is 0 Å². The topological polar surface area (TPSA) is 92.6 Å². The van der Waals surface area contributed by atoms with Crippen LogP contribution in [0.15, 0.2) is 42.7 Å². The summed E-state index contributed by atoms with van der Waals surface area (Å²) in [6.07, 6.45) is 6.21. The fourth-order valence-corrected chi connectivity index (χ4v) is 2.93. The number of aliphatic carboxylic acids is 1. The van der Waals surface area contributed by atoms with Crippen molar-refractivity contribution in [2.75, 3.05) is 13.2 Å². The zero-order valence-corrected chi connectivity index (χ0v) is 13.7. The van der Waals surface area contributed by atoms with Gasteiger partial charge in [0.1, 0.15) is 5.75 Å². The maximum absolute atomic E-state index is 12.9. The van der Waals surface area contributed by atoms with Gasteiger partial charge in [-0.3, -0.25) is 4.79 Å². The number of nitrogens with zero attached hydrogens (tertiary/aromatic N) is 3. The number of carboxylic acid groups (broad SMARTS) is 1. The lowest BCUT2D eigenvalue weighted by atomic mass is 10.00. The SMILES string of the molecule is O=C(O)COc1ccc(C(=O)N2CCCCC2c2ncccn2)cc1. The predicted molar refractivity (Wildman–Crippen MR) is 89.2 cm³/mol. The summed E-state index contributed by atoms with van der Waals surface area (Å²) in [6, 6.07) is 8.15. The highest BCUT2D eigenvalue weighted by molar-refractivity contribution is 5.94. The monoisotopic (exact) mass is 341 g/mol. The number of rotatable bonds is 5. The summed E-state index contributed by atoms with van der Waals surface area (Å²) in [4.78, 5) is 33.8. The molecule has 1 aliphatic heterocycles. The molecule has 0 spiro atoms. The van der Waals surface area contributed by atoms with E-state index in [0.717, 1.165) is 19.3 Å². The van der Waals surface area contributed by atoms with Crippen molar-refractivity contribution in [2.45, 2.75) is 25.3 Å². The standard InChI is InChI=1S/C18H19N3O4/c22-16(23)12-25-14-7-5-13(6-8-14)18(24)21-11-2-1-4-15(21)17-19-9-3-10-20-17/h3,5-10,15H,1-2,4,11-12H2,(H,22,23). The van der Waals surface area contributed by atoms with Crippen LogP contribution >= 0.6 is 0 Å². The third-order valence-electron chi connectivity index (χ3n) is 4.11. The van der Waals surface area contributed by atoms with Crippen LogP contribution in [-0.2, 0) is 4.79 Å². The van der Waals surface area contributed by atoms with Crippen molar-refractivity contribution < 1.29 is 19.4 Å². The van der Waals surface area contributed by atoms with Gasteiger partial charge < -0.3 is 14.7 Å². The molecule has 1 unspecified atom stereocenters. The van der Waals surface area contributed by atoms with Crippen LogP contribution in [-0.4, -0.2) is 45.0 Å². The number of aromatic nitrogens is 2. The van der Waals surface area contributed by atoms with Gasteiger partial charge in [0.15, 0.2) is 12.4 Å². The molecule has 25 heavy (non-hydrogen) atoms. The lowest BCUT2D eigenvalue weighted by Gasteiger charge is -2.34. The minimum absolute atomic E-state index is 0.0815. The predicted octanol–water partition coefficient (Wildman–Crippen LogP) is 2.31. The molecule has 2 aromatic rings. The average molecular weight is 341 g/mol. The molecule has 1 aromatic carbocycles. The number of hydrogen-bond acceptors (Lipinski definition) is 5. The number of ether oxygens (including phenoxy) is 1. The van der Waals surface area contributed by atoms with Crippen molar-refractivity contribution in [1.82, 2.24) is 14.9 Å². The number of likely N-dealkylation sites (tertiary alicyclic amines) is 1. The van der Waals surface area contributed by atoms with E-state index in [4.69, 9.17) is 9.84 Å². The molecule has 1 fully saturated rings. The summed E-state index contributed by atoms with van der Waals surface area (Å²) in [7, 11) is 0. The van der Waals surface area contributed by atoms with Gasteiger partial charge in [-0.15, -0.1) is 0 Å². The molecule has 1 saturated heterocycles. The number of piperidine rings is 1. The Morgan fingerprint density at radius 1 is 1.16 bits per heavy atom. The second kappa shape index (κ2) is 7.74. The molecular weight excluding hydrogens is 322 g/mol. The van der Waals surface area contributed by atoms with Gasteiger partial charge in [0, 0.05) is 24.5 Å². The van der Waals surface area contributed by atoms with Crippen LogP contribution in [0.2, 0.25) is 0 Å². The molecule has 3 rings (SSSR count). The number of carbonyl (C=O) groups excluding carboxylic acids is 1. The second-order valence-corrected chi connectivity index (χ2v) is 5.82. The summed E-state index contributed by atoms with van der Waals surface area (Å²) < 4.78 is 5.09. The van der Waals surface area contributed by atoms with E-state index >= 15 is 0 Å². The van der Waals surface area contributed by atoms with E-state index in [1.807, 2.05) is 4.90 Å². The van der Waals surface area contributed by atoms with Crippen LogP contribution in [0, 0.1) is 0 Å². The van der Waals surface area contributed by atoms with Crippen molar-refractivity contribution in [2.24, 2.45) is 0 Å². The highest BCUT2D eigenvalue weighted by atomic mass is 16.5. The zero-order valence-electron chi connectivity index (χ0n) is 13.7. The molecule has 7 nitrogen and oxygen atoms in total. The van der Waals surface area contributed by atoms with Gasteiger partial charge in [0.25, 0.3) is 5.91 Å². The van der Waals surface area contributed by atoms with Gasteiger partial charge in [0.05, 0.1) is 6.04 Å². The summed E-state index contributed by atoms with van der Waals surface area (Å²) in [5.41, 5.74) is 0.533. The van der Waals surface area contributed by atoms with Crippen LogP contribution in [0.5, 0.6) is 5.75 Å². The first-order valence-corrected chi connectivity index (χ1v) is 8.17. The number of amides is 1. The van der Waals surface area contributed by atoms with E-state index in [1.54, 1.807) is 42.7 Å². The van der Waals surface area contributed by atoms with E-state index < -0.39 is 12.6 Å². The number of carboxylic acids is 1. The fraction of sp³-hybridized carbons (Fsp3) is 0.333. The van der Waals surface area contributed by atoms with Crippen molar-refractivity contribution in [3.05, 3.63) is 54.1 Å². The Morgan fingerprint density at radius 2 is 1.88 bits per heavy atom. The maximum Gasteiger partial charge on any atom is 0.341 e. The molecule has 130 valence electrons. The molecule has 1 N–H and O–H groups in total. The number of benzene rings is 1. The molecule has 1 amide bonds. The van der Waals surface area contributed by atoms with E-state index in [0.29, 0.717) is 23.7 Å². The lowest BCUT2D eigenvalue weighted by molar-refractivity contribution is -0.139. The molecule has 1 aromatic heterocycles. The van der Waals surface area contributed by atoms with Crippen LogP contribution in [0.25, 0.3) is 0 Å². The van der Waals surface area contributed by atoms with Crippen LogP contribution in [0.3, 0.4) is 0 Å². The largest absolute Gasteiger partial charge is 0.482 e. The number of carbonyl (C=O) groups is 2. The van der Waals surface area contributed by atoms with Crippen molar-refractivity contribution in [1.29, 1.82) is 0 Å². The Kier molecular flexibility index (Phi) is 5.23. The smallest absolute Gasteiger partial charge is 0.341 e. The molecule has 7 heteroatoms. The van der Waals surface area contributed by atoms with Gasteiger partial charge in [-0.05, 0) is 49.6 Å². The van der Waals surface area contributed by atoms with Gasteiger partial charge in [-0.1, -0.05) is 0 Å². The molecule has 1 atom stereocenters. The third kappa shape index (κ3) is 4.12. The normalized spacial score (nSPS) is 17.1. The van der Waals surface area contributed by atoms with Crippen molar-refractivity contribution in [3.8, 4) is 5.75 Å². The fourth-order valence-electron chi connectivity index (χ4n) is 2.93. The van der Waals surface area contributed by atoms with E-state index in [-0.39, 0.29) is 11.9 Å². The molecule has 0 aliphatic carbocycles. The second-order valence-electron chi connectivity index (χ2n) is 5.82. The van der Waals surface area contributed by atoms with Crippen LogP contribution in [0.4, 0.5) is 0 Å². The zero-order chi connectivity index (χ0) is 17.6. The van der Waals surface area contributed by atoms with Crippen LogP contribution < -0.4 is 4.74 Å². The summed E-state index contributed by atoms with van der Waals surface area (Å²) in [5, 5.41) is 8.63. The first kappa shape index (κ1) is 16.9. The molecule has 0 saturated carbocycles. The Bertz CT molecular complexity index is 734. The minimum atomic E-state index is -1.04. The Balaban J connectivity index is 1.75. The molecular formula is C18H19N3O4. The minimum Gasteiger partial charge on any atom is -0.482 e. The van der Waals surface area contributed by atoms with E-state index in [9.17, 15) is 9.59 Å². The Morgan fingerprint density at radius 3 is 2.56 bits per heavy atom. The molecule has 2 heterocycles. The average Bonchev–Trinajstić information content (AvgIpc) is 2.67. The molecule has 0 bridgehead atoms. The molecule has 1 aliphatic rings. The third-order valence-corrected chi connectivity index (χ3v) is 4.11. The van der Waals surface area contributed by atoms with Crippen molar-refractivity contribution >= 4 is 11.9 Å². The summed E-state index contributed by atoms with van der Waals surface area (Å²) in [5.74, 6) is -0.0430. The Labute approximate surface area is 145 Å². The van der Waals surface area contributed by atoms with Gasteiger partial charge in [-0.2, -0.15) is 0 Å². The van der Waals surface area contributed by atoms with Crippen LogP contribution in [0.1, 0.15) is 41.5 Å². The summed E-state index contributed by atoms with van der Waals surface area (Å²) >= 11 is 0. The Hall–Kier alpha value is -2.96. The van der Waals surface area contributed by atoms with Gasteiger partial charge in [0.2, 0.25) is 0 Å². The highest BCUT2D eigenvalue weighted by Crippen LogP contribution is 2.30. The van der Waals surface area contributed by atoms with E-state index in [2.05, 4.69) is 9.97 Å². The maximum atomic E-state index is 12.9. The quantitative estimate of drug-likeness (QED) is 0.897. The first-order chi connectivity index (χ1) is 12.1. The number of hydrogen-bond donors (Lipinski definition) is 1. The lowest BCUT2D eigenvalue weighted by Crippen LogP contribution is -2.39. The van der Waals surface area contributed by atoms with Gasteiger partial charge in [-0.25, -0.2) is 14.8 Å².